The monoisotopic (exact) mass is 391 g/mol. The minimum atomic E-state index is 0.437. The van der Waals surface area contributed by atoms with E-state index in [0.29, 0.717) is 5.92 Å². The van der Waals surface area contributed by atoms with Crippen LogP contribution >= 0.6 is 15.9 Å². The van der Waals surface area contributed by atoms with Crippen LogP contribution in [0.5, 0.6) is 17.2 Å². The molecule has 0 bridgehead atoms. The summed E-state index contributed by atoms with van der Waals surface area (Å²) in [6.45, 7) is 1.68. The fraction of sp³-hybridized carbons (Fsp3) is 0.368. The molecule has 24 heavy (non-hydrogen) atoms. The van der Waals surface area contributed by atoms with Crippen molar-refractivity contribution in [1.82, 2.24) is 5.32 Å². The van der Waals surface area contributed by atoms with Gasteiger partial charge in [0, 0.05) is 35.7 Å². The molecule has 0 spiro atoms. The van der Waals surface area contributed by atoms with Crippen LogP contribution in [0.25, 0.3) is 0 Å². The number of nitrogens with one attached hydrogen (secondary N) is 1. The fourth-order valence-electron chi connectivity index (χ4n) is 3.34. The van der Waals surface area contributed by atoms with E-state index in [-0.39, 0.29) is 0 Å². The van der Waals surface area contributed by atoms with Crippen molar-refractivity contribution in [2.24, 2.45) is 0 Å². The quantitative estimate of drug-likeness (QED) is 0.776. The zero-order chi connectivity index (χ0) is 17.1. The number of para-hydroxylation sites is 1. The number of hydrogen-bond acceptors (Lipinski definition) is 4. The SMILES string of the molecule is COc1ccccc1CNCC1Cc2c(OC)c(Br)cc(OC)c21. The van der Waals surface area contributed by atoms with Crippen LogP contribution in [-0.2, 0) is 13.0 Å². The lowest BCUT2D eigenvalue weighted by Crippen LogP contribution is -2.30. The molecule has 0 amide bonds. The van der Waals surface area contributed by atoms with Crippen molar-refractivity contribution in [1.29, 1.82) is 0 Å². The zero-order valence-electron chi connectivity index (χ0n) is 14.2. The van der Waals surface area contributed by atoms with Gasteiger partial charge >= 0.3 is 0 Å². The molecule has 0 fully saturated rings. The molecule has 3 rings (SSSR count). The Balaban J connectivity index is 1.69. The van der Waals surface area contributed by atoms with Crippen LogP contribution in [0.2, 0.25) is 0 Å². The summed E-state index contributed by atoms with van der Waals surface area (Å²) in [6, 6.07) is 10.1. The molecule has 1 aliphatic rings. The van der Waals surface area contributed by atoms with E-state index in [0.717, 1.165) is 41.2 Å². The zero-order valence-corrected chi connectivity index (χ0v) is 15.8. The highest BCUT2D eigenvalue weighted by Gasteiger charge is 2.34. The maximum Gasteiger partial charge on any atom is 0.136 e. The third-order valence-electron chi connectivity index (χ3n) is 4.52. The van der Waals surface area contributed by atoms with Gasteiger partial charge in [-0.15, -0.1) is 0 Å². The van der Waals surface area contributed by atoms with Gasteiger partial charge in [-0.05, 0) is 34.5 Å². The molecule has 0 aliphatic heterocycles. The molecule has 1 unspecified atom stereocenters. The Labute approximate surface area is 151 Å². The highest BCUT2D eigenvalue weighted by atomic mass is 79.9. The van der Waals surface area contributed by atoms with E-state index in [9.17, 15) is 0 Å². The first-order chi connectivity index (χ1) is 11.7. The van der Waals surface area contributed by atoms with E-state index >= 15 is 0 Å². The average molecular weight is 392 g/mol. The summed E-state index contributed by atoms with van der Waals surface area (Å²) in [7, 11) is 5.13. The molecule has 0 heterocycles. The Morgan fingerprint density at radius 1 is 1.08 bits per heavy atom. The second kappa shape index (κ2) is 7.45. The number of benzene rings is 2. The Kier molecular flexibility index (Phi) is 5.31. The summed E-state index contributed by atoms with van der Waals surface area (Å²) >= 11 is 3.55. The molecular weight excluding hydrogens is 370 g/mol. The van der Waals surface area contributed by atoms with Crippen molar-refractivity contribution in [2.75, 3.05) is 27.9 Å². The highest BCUT2D eigenvalue weighted by Crippen LogP contribution is 2.49. The number of methoxy groups -OCH3 is 3. The smallest absolute Gasteiger partial charge is 0.136 e. The van der Waals surface area contributed by atoms with E-state index in [4.69, 9.17) is 14.2 Å². The van der Waals surface area contributed by atoms with Gasteiger partial charge in [0.05, 0.1) is 25.8 Å². The molecule has 2 aromatic carbocycles. The summed E-state index contributed by atoms with van der Waals surface area (Å²) in [6.07, 6.45) is 0.993. The standard InChI is InChI=1S/C19H22BrNO3/c1-22-16-7-5-4-6-12(16)10-21-11-13-8-14-18(13)17(23-2)9-15(20)19(14)24-3/h4-7,9,13,21H,8,10-11H2,1-3H3. The number of fused-ring (bicyclic) bond motifs is 1. The fourth-order valence-corrected chi connectivity index (χ4v) is 3.94. The highest BCUT2D eigenvalue weighted by molar-refractivity contribution is 9.10. The predicted octanol–water partition coefficient (Wildman–Crippen LogP) is 3.90. The third kappa shape index (κ3) is 3.10. The maximum absolute atomic E-state index is 5.56. The average Bonchev–Trinajstić information content (AvgIpc) is 2.59. The summed E-state index contributed by atoms with van der Waals surface area (Å²) in [5.41, 5.74) is 3.66. The Morgan fingerprint density at radius 3 is 2.54 bits per heavy atom. The normalized spacial score (nSPS) is 15.4. The molecule has 5 heteroatoms. The lowest BCUT2D eigenvalue weighted by molar-refractivity contribution is 0.370. The molecule has 1 aliphatic carbocycles. The topological polar surface area (TPSA) is 39.7 Å². The molecule has 128 valence electrons. The van der Waals surface area contributed by atoms with Crippen molar-refractivity contribution in [2.45, 2.75) is 18.9 Å². The summed E-state index contributed by atoms with van der Waals surface area (Å²) in [5, 5.41) is 3.53. The number of ether oxygens (including phenoxy) is 3. The Morgan fingerprint density at radius 2 is 1.83 bits per heavy atom. The van der Waals surface area contributed by atoms with Gasteiger partial charge in [-0.3, -0.25) is 0 Å². The first kappa shape index (κ1) is 17.1. The minimum Gasteiger partial charge on any atom is -0.496 e. The summed E-state index contributed by atoms with van der Waals surface area (Å²) in [4.78, 5) is 0. The molecule has 1 atom stereocenters. The van der Waals surface area contributed by atoms with Crippen molar-refractivity contribution in [3.63, 3.8) is 0 Å². The first-order valence-corrected chi connectivity index (χ1v) is 8.74. The van der Waals surface area contributed by atoms with Gasteiger partial charge in [-0.25, -0.2) is 0 Å². The lowest BCUT2D eigenvalue weighted by atomic mass is 9.76. The maximum atomic E-state index is 5.56. The van der Waals surface area contributed by atoms with Crippen LogP contribution in [0.3, 0.4) is 0 Å². The van der Waals surface area contributed by atoms with E-state index in [1.165, 1.54) is 16.7 Å². The molecule has 0 radical (unpaired) electrons. The lowest BCUT2D eigenvalue weighted by Gasteiger charge is -2.34. The molecule has 1 N–H and O–H groups in total. The van der Waals surface area contributed by atoms with Gasteiger partial charge in [0.2, 0.25) is 0 Å². The van der Waals surface area contributed by atoms with E-state index in [1.807, 2.05) is 24.3 Å². The van der Waals surface area contributed by atoms with Crippen molar-refractivity contribution in [3.05, 3.63) is 51.5 Å². The molecule has 0 saturated heterocycles. The molecule has 0 aromatic heterocycles. The van der Waals surface area contributed by atoms with Gasteiger partial charge in [-0.1, -0.05) is 18.2 Å². The van der Waals surface area contributed by atoms with Gasteiger partial charge < -0.3 is 19.5 Å². The minimum absolute atomic E-state index is 0.437. The largest absolute Gasteiger partial charge is 0.496 e. The number of rotatable bonds is 7. The van der Waals surface area contributed by atoms with Crippen LogP contribution in [0, 0.1) is 0 Å². The Hall–Kier alpha value is -1.72. The van der Waals surface area contributed by atoms with Gasteiger partial charge in [0.1, 0.15) is 17.2 Å². The third-order valence-corrected chi connectivity index (χ3v) is 5.11. The van der Waals surface area contributed by atoms with Crippen LogP contribution in [0.15, 0.2) is 34.8 Å². The van der Waals surface area contributed by atoms with E-state index in [2.05, 4.69) is 27.3 Å². The van der Waals surface area contributed by atoms with Crippen molar-refractivity contribution >= 4 is 15.9 Å². The molecule has 0 saturated carbocycles. The molecular formula is C19H22BrNO3. The first-order valence-electron chi connectivity index (χ1n) is 7.95. The van der Waals surface area contributed by atoms with E-state index in [1.54, 1.807) is 21.3 Å². The summed E-state index contributed by atoms with van der Waals surface area (Å²) < 4.78 is 17.4. The predicted molar refractivity (Wildman–Crippen MR) is 98.4 cm³/mol. The number of hydrogen-bond donors (Lipinski definition) is 1. The Bertz CT molecular complexity index is 733. The van der Waals surface area contributed by atoms with Gasteiger partial charge in [0.25, 0.3) is 0 Å². The molecule has 4 nitrogen and oxygen atoms in total. The van der Waals surface area contributed by atoms with E-state index < -0.39 is 0 Å². The van der Waals surface area contributed by atoms with Crippen LogP contribution < -0.4 is 19.5 Å². The molecule has 2 aromatic rings. The van der Waals surface area contributed by atoms with Crippen LogP contribution in [0.4, 0.5) is 0 Å². The van der Waals surface area contributed by atoms with Crippen LogP contribution in [-0.4, -0.2) is 27.9 Å². The van der Waals surface area contributed by atoms with Gasteiger partial charge in [0.15, 0.2) is 0 Å². The number of halogens is 1. The van der Waals surface area contributed by atoms with Gasteiger partial charge in [-0.2, -0.15) is 0 Å². The van der Waals surface area contributed by atoms with Crippen molar-refractivity contribution in [3.8, 4) is 17.2 Å². The second-order valence-corrected chi connectivity index (χ2v) is 6.68. The summed E-state index contributed by atoms with van der Waals surface area (Å²) in [5.74, 6) is 3.20. The second-order valence-electron chi connectivity index (χ2n) is 5.83. The van der Waals surface area contributed by atoms with Crippen molar-refractivity contribution < 1.29 is 14.2 Å². The van der Waals surface area contributed by atoms with Crippen LogP contribution in [0.1, 0.15) is 22.6 Å².